The second-order valence-electron chi connectivity index (χ2n) is 3.11. The van der Waals surface area contributed by atoms with Crippen LogP contribution in [-0.4, -0.2) is 22.0 Å². The molecule has 0 aromatic rings. The van der Waals surface area contributed by atoms with Crippen molar-refractivity contribution >= 4 is 46.8 Å². The van der Waals surface area contributed by atoms with E-state index in [1.165, 1.54) is 46.2 Å². The average Bonchev–Trinajstić information content (AvgIpc) is 2.10. The first-order valence-electron chi connectivity index (χ1n) is 5.06. The minimum Gasteiger partial charge on any atom is -0.147 e. The Hall–Kier alpha value is 0.515. The Balaban J connectivity index is -0.000000136. The Morgan fingerprint density at radius 2 is 1.62 bits per heavy atom. The van der Waals surface area contributed by atoms with E-state index in [4.69, 9.17) is 0 Å². The maximum Gasteiger partial charge on any atom is 0.0776 e. The molecular weight excluding hydrogens is 199 g/mol. The summed E-state index contributed by atoms with van der Waals surface area (Å²) in [6.45, 7) is 2.21. The topological polar surface area (TPSA) is 0 Å². The molecule has 0 nitrogen and oxygen atoms in total. The molecule has 76 valence electrons. The normalized spacial score (nSPS) is 12.4. The lowest BCUT2D eigenvalue weighted by molar-refractivity contribution is 0.730. The Morgan fingerprint density at radius 3 is 1.69 bits per heavy atom. The fourth-order valence-electron chi connectivity index (χ4n) is 1.11. The second kappa shape index (κ2) is 18.3. The molecule has 1 aliphatic carbocycles. The molecule has 0 heterocycles. The highest BCUT2D eigenvalue weighted by molar-refractivity contribution is 7.23. The number of hydrogen-bond acceptors (Lipinski definition) is 0. The molecule has 1 aliphatic rings. The highest BCUT2D eigenvalue weighted by Crippen LogP contribution is 2.07. The molecule has 0 aromatic heterocycles. The standard InChI is InChI=1S/C6H10.C2H9B3.2ClH/c1-2-4-6-5-3-1;1-2-4-5-3;;/h1-2H,3-6H2;4-5H,2-3H2,1H3;2*1H. The van der Waals surface area contributed by atoms with E-state index in [0.717, 1.165) is 0 Å². The number of hydrogen-bond donors (Lipinski definition) is 0. The summed E-state index contributed by atoms with van der Waals surface area (Å²) in [5.41, 5.74) is 0. The van der Waals surface area contributed by atoms with Crippen molar-refractivity contribution in [2.24, 2.45) is 0 Å². The molecule has 0 atom stereocenters. The van der Waals surface area contributed by atoms with Crippen LogP contribution >= 0.6 is 24.8 Å². The van der Waals surface area contributed by atoms with Crippen molar-refractivity contribution in [1.29, 1.82) is 0 Å². The number of allylic oxidation sites excluding steroid dienone is 2. The fourth-order valence-corrected chi connectivity index (χ4v) is 1.11. The van der Waals surface area contributed by atoms with Crippen LogP contribution in [-0.2, 0) is 0 Å². The molecular formula is C8H21B3Cl2. The van der Waals surface area contributed by atoms with E-state index in [0.29, 0.717) is 0 Å². The van der Waals surface area contributed by atoms with Crippen molar-refractivity contribution in [2.75, 3.05) is 0 Å². The van der Waals surface area contributed by atoms with Gasteiger partial charge in [0.25, 0.3) is 0 Å². The molecule has 0 N–H and O–H groups in total. The van der Waals surface area contributed by atoms with Crippen LogP contribution in [0.15, 0.2) is 12.2 Å². The molecule has 0 fully saturated rings. The molecule has 13 heavy (non-hydrogen) atoms. The van der Waals surface area contributed by atoms with Crippen LogP contribution in [0.1, 0.15) is 32.6 Å². The predicted molar refractivity (Wildman–Crippen MR) is 75.4 cm³/mol. The third-order valence-electron chi connectivity index (χ3n) is 1.87. The van der Waals surface area contributed by atoms with Gasteiger partial charge in [-0.2, -0.15) is 0 Å². The van der Waals surface area contributed by atoms with Gasteiger partial charge in [0.2, 0.25) is 0 Å². The van der Waals surface area contributed by atoms with Gasteiger partial charge in [-0.05, 0) is 25.7 Å². The van der Waals surface area contributed by atoms with E-state index in [-0.39, 0.29) is 24.8 Å². The molecule has 0 saturated carbocycles. The van der Waals surface area contributed by atoms with Gasteiger partial charge >= 0.3 is 0 Å². The van der Waals surface area contributed by atoms with Gasteiger partial charge in [0, 0.05) is 0 Å². The predicted octanol–water partition coefficient (Wildman–Crippen LogP) is 1.72. The minimum absolute atomic E-state index is 0. The lowest BCUT2D eigenvalue weighted by Gasteiger charge is -1.97. The van der Waals surface area contributed by atoms with E-state index >= 15 is 0 Å². The molecule has 0 bridgehead atoms. The summed E-state index contributed by atoms with van der Waals surface area (Å²) in [5, 5.41) is 0. The summed E-state index contributed by atoms with van der Waals surface area (Å²) in [4.78, 5) is 0. The summed E-state index contributed by atoms with van der Waals surface area (Å²) >= 11 is 0. The Morgan fingerprint density at radius 1 is 1.15 bits per heavy atom. The molecule has 0 spiro atoms. The quantitative estimate of drug-likeness (QED) is 0.491. The molecule has 0 amide bonds. The zero-order valence-corrected chi connectivity index (χ0v) is 10.6. The van der Waals surface area contributed by atoms with Gasteiger partial charge in [0.05, 0.1) is 22.0 Å². The van der Waals surface area contributed by atoms with E-state index in [2.05, 4.69) is 26.8 Å². The maximum absolute atomic E-state index is 2.27. The van der Waals surface area contributed by atoms with Crippen molar-refractivity contribution in [2.45, 2.75) is 38.9 Å². The zero-order valence-electron chi connectivity index (χ0n) is 8.92. The van der Waals surface area contributed by atoms with E-state index in [9.17, 15) is 0 Å². The lowest BCUT2D eigenvalue weighted by Crippen LogP contribution is -1.98. The van der Waals surface area contributed by atoms with Crippen molar-refractivity contribution in [3.63, 3.8) is 0 Å². The maximum atomic E-state index is 2.27. The van der Waals surface area contributed by atoms with Gasteiger partial charge in [0.1, 0.15) is 0 Å². The lowest BCUT2D eigenvalue weighted by atomic mass is 9.27. The first kappa shape index (κ1) is 19.1. The van der Waals surface area contributed by atoms with Crippen molar-refractivity contribution in [3.05, 3.63) is 12.2 Å². The summed E-state index contributed by atoms with van der Waals surface area (Å²) in [6, 6.07) is 0. The van der Waals surface area contributed by atoms with Crippen LogP contribution in [0.4, 0.5) is 0 Å². The molecule has 0 saturated heterocycles. The molecule has 1 rings (SSSR count). The highest BCUT2D eigenvalue weighted by atomic mass is 35.5. The Bertz CT molecular complexity index is 89.4. The van der Waals surface area contributed by atoms with E-state index in [1.807, 2.05) is 0 Å². The van der Waals surface area contributed by atoms with Crippen molar-refractivity contribution in [1.82, 2.24) is 0 Å². The van der Waals surface area contributed by atoms with Crippen molar-refractivity contribution in [3.8, 4) is 0 Å². The monoisotopic (exact) mass is 220 g/mol. The van der Waals surface area contributed by atoms with Crippen molar-refractivity contribution < 1.29 is 0 Å². The highest BCUT2D eigenvalue weighted by Gasteiger charge is 1.87. The first-order chi connectivity index (χ1) is 5.41. The number of rotatable bonds is 2. The second-order valence-corrected chi connectivity index (χ2v) is 3.11. The summed E-state index contributed by atoms with van der Waals surface area (Å²) in [7, 11) is 4.94. The molecule has 0 radical (unpaired) electrons. The number of halogens is 2. The van der Waals surface area contributed by atoms with Crippen LogP contribution in [0.3, 0.4) is 0 Å². The van der Waals surface area contributed by atoms with Crippen LogP contribution in [0, 0.1) is 0 Å². The average molecular weight is 221 g/mol. The zero-order chi connectivity index (χ0) is 8.36. The third kappa shape index (κ3) is 19.1. The van der Waals surface area contributed by atoms with Gasteiger partial charge in [0.15, 0.2) is 0 Å². The molecule has 0 aromatic carbocycles. The largest absolute Gasteiger partial charge is 0.147 e. The fraction of sp³-hybridized carbons (Fsp3) is 0.750. The molecule has 5 heteroatoms. The van der Waals surface area contributed by atoms with E-state index < -0.39 is 0 Å². The Kier molecular flexibility index (Phi) is 27.0. The van der Waals surface area contributed by atoms with Gasteiger partial charge in [-0.1, -0.05) is 25.4 Å². The minimum atomic E-state index is 0. The first-order valence-corrected chi connectivity index (χ1v) is 5.06. The summed E-state index contributed by atoms with van der Waals surface area (Å²) < 4.78 is 0. The van der Waals surface area contributed by atoms with Gasteiger partial charge in [-0.15, -0.1) is 24.8 Å². The molecule has 0 aliphatic heterocycles. The summed E-state index contributed by atoms with van der Waals surface area (Å²) in [5.74, 6) is 0. The van der Waals surface area contributed by atoms with Crippen LogP contribution in [0.25, 0.3) is 0 Å². The van der Waals surface area contributed by atoms with Gasteiger partial charge in [-0.25, -0.2) is 0 Å². The Labute approximate surface area is 98.0 Å². The van der Waals surface area contributed by atoms with Gasteiger partial charge < -0.3 is 0 Å². The SMILES string of the molecule is BBBCC.C1=CCCCC1.Cl.Cl. The van der Waals surface area contributed by atoms with E-state index in [1.54, 1.807) is 0 Å². The third-order valence-corrected chi connectivity index (χ3v) is 1.87. The van der Waals surface area contributed by atoms with Crippen LogP contribution < -0.4 is 0 Å². The van der Waals surface area contributed by atoms with Crippen LogP contribution in [0.5, 0.6) is 0 Å². The van der Waals surface area contributed by atoms with Crippen LogP contribution in [0.2, 0.25) is 6.32 Å². The smallest absolute Gasteiger partial charge is 0.0776 e. The molecule has 0 unspecified atom stereocenters. The van der Waals surface area contributed by atoms with Gasteiger partial charge in [-0.3, -0.25) is 0 Å². The summed E-state index contributed by atoms with van der Waals surface area (Å²) in [6.07, 6.45) is 11.3.